The molecule has 0 aliphatic heterocycles. The van der Waals surface area contributed by atoms with Gasteiger partial charge in [-0.2, -0.15) is 0 Å². The number of hydrogen-bond donors (Lipinski definition) is 0. The van der Waals surface area contributed by atoms with Gasteiger partial charge in [0.25, 0.3) is 0 Å². The zero-order chi connectivity index (χ0) is 23.3. The smallest absolute Gasteiger partial charge is 0.126 e. The summed E-state index contributed by atoms with van der Waals surface area (Å²) < 4.78 is 1.36. The summed E-state index contributed by atoms with van der Waals surface area (Å²) in [4.78, 5) is 1.20. The molecule has 0 aliphatic rings. The van der Waals surface area contributed by atoms with Gasteiger partial charge in [0.15, 0.2) is 0 Å². The number of thiophene rings is 1. The molecule has 0 nitrogen and oxygen atoms in total. The van der Waals surface area contributed by atoms with Crippen molar-refractivity contribution in [3.63, 3.8) is 0 Å². The lowest BCUT2D eigenvalue weighted by Gasteiger charge is -2.38. The first-order chi connectivity index (χ1) is 15.8. The van der Waals surface area contributed by atoms with E-state index in [9.17, 15) is 0 Å². The summed E-state index contributed by atoms with van der Waals surface area (Å²) in [6, 6.07) is 24.8. The molecule has 4 aromatic carbocycles. The van der Waals surface area contributed by atoms with Crippen molar-refractivity contribution < 1.29 is 0 Å². The maximum atomic E-state index is 3.91. The van der Waals surface area contributed by atoms with Crippen LogP contribution in [0.3, 0.4) is 0 Å². The first kappa shape index (κ1) is 22.2. The molecule has 0 amide bonds. The molecule has 0 bridgehead atoms. The van der Waals surface area contributed by atoms with Gasteiger partial charge in [-0.05, 0) is 67.1 Å². The Balaban J connectivity index is 1.69. The van der Waals surface area contributed by atoms with Crippen LogP contribution in [0.1, 0.15) is 46.4 Å². The SMILES string of the molecule is CC(C)[Si](C#Cc1cc2ccc3c4cc5ccccc5cc4ccc3c2s1)(C(C)C)C(C)C. The Labute approximate surface area is 202 Å². The normalized spacial score (nSPS) is 12.5. The van der Waals surface area contributed by atoms with E-state index >= 15 is 0 Å². The molecule has 0 N–H and O–H groups in total. The molecule has 1 heterocycles. The summed E-state index contributed by atoms with van der Waals surface area (Å²) in [5.41, 5.74) is 5.87. The van der Waals surface area contributed by atoms with Crippen LogP contribution in [0.5, 0.6) is 0 Å². The summed E-state index contributed by atoms with van der Waals surface area (Å²) in [5, 5.41) is 9.22. The van der Waals surface area contributed by atoms with E-state index in [0.717, 1.165) is 0 Å². The van der Waals surface area contributed by atoms with Crippen LogP contribution in [0.15, 0.2) is 66.7 Å². The molecule has 33 heavy (non-hydrogen) atoms. The van der Waals surface area contributed by atoms with Gasteiger partial charge < -0.3 is 0 Å². The van der Waals surface area contributed by atoms with Crippen LogP contribution in [0.4, 0.5) is 0 Å². The molecule has 0 unspecified atom stereocenters. The highest BCUT2D eigenvalue weighted by Crippen LogP contribution is 2.41. The highest BCUT2D eigenvalue weighted by atomic mass is 32.1. The topological polar surface area (TPSA) is 0 Å². The zero-order valence-electron chi connectivity index (χ0n) is 20.5. The van der Waals surface area contributed by atoms with Gasteiger partial charge in [-0.15, -0.1) is 16.9 Å². The van der Waals surface area contributed by atoms with Gasteiger partial charge >= 0.3 is 0 Å². The maximum Gasteiger partial charge on any atom is 0.146 e. The van der Waals surface area contributed by atoms with E-state index in [2.05, 4.69) is 120 Å². The van der Waals surface area contributed by atoms with Crippen molar-refractivity contribution in [2.24, 2.45) is 0 Å². The van der Waals surface area contributed by atoms with E-state index in [0.29, 0.717) is 16.6 Å². The lowest BCUT2D eigenvalue weighted by molar-refractivity contribution is 0.838. The third-order valence-corrected chi connectivity index (χ3v) is 15.0. The monoisotopic (exact) mass is 464 g/mol. The minimum absolute atomic E-state index is 0.654. The summed E-state index contributed by atoms with van der Waals surface area (Å²) in [5.74, 6) is 3.68. The fraction of sp³-hybridized carbons (Fsp3) is 0.290. The van der Waals surface area contributed by atoms with Gasteiger partial charge in [-0.1, -0.05) is 96.0 Å². The van der Waals surface area contributed by atoms with Gasteiger partial charge in [-0.3, -0.25) is 0 Å². The number of fused-ring (bicyclic) bond motifs is 6. The Hall–Kier alpha value is -2.60. The van der Waals surface area contributed by atoms with Crippen LogP contribution in [0.25, 0.3) is 42.4 Å². The first-order valence-corrected chi connectivity index (χ1v) is 15.2. The summed E-state index contributed by atoms with van der Waals surface area (Å²) in [7, 11) is -1.73. The molecule has 5 aromatic rings. The highest BCUT2D eigenvalue weighted by Gasteiger charge is 2.41. The van der Waals surface area contributed by atoms with Gasteiger partial charge in [0.1, 0.15) is 8.07 Å². The van der Waals surface area contributed by atoms with Crippen molar-refractivity contribution in [2.75, 3.05) is 0 Å². The van der Waals surface area contributed by atoms with Crippen molar-refractivity contribution >= 4 is 61.8 Å². The lowest BCUT2D eigenvalue weighted by atomic mass is 9.98. The Morgan fingerprint density at radius 1 is 0.606 bits per heavy atom. The molecular formula is C31H32SSi. The second-order valence-electron chi connectivity index (χ2n) is 10.3. The zero-order valence-corrected chi connectivity index (χ0v) is 22.3. The van der Waals surface area contributed by atoms with Crippen molar-refractivity contribution in [1.29, 1.82) is 0 Å². The number of benzene rings is 4. The second kappa shape index (κ2) is 8.31. The molecule has 2 heteroatoms. The lowest BCUT2D eigenvalue weighted by Crippen LogP contribution is -2.43. The van der Waals surface area contributed by atoms with E-state index in [1.54, 1.807) is 0 Å². The van der Waals surface area contributed by atoms with E-state index in [-0.39, 0.29) is 0 Å². The third-order valence-electron chi connectivity index (χ3n) is 7.63. The fourth-order valence-electron chi connectivity index (χ4n) is 5.99. The van der Waals surface area contributed by atoms with Crippen LogP contribution < -0.4 is 0 Å². The Morgan fingerprint density at radius 3 is 1.88 bits per heavy atom. The average Bonchev–Trinajstić information content (AvgIpc) is 3.20. The molecule has 166 valence electrons. The molecule has 0 saturated heterocycles. The Bertz CT molecular complexity index is 1530. The van der Waals surface area contributed by atoms with Gasteiger partial charge in [0, 0.05) is 10.1 Å². The minimum Gasteiger partial charge on any atom is -0.126 e. The minimum atomic E-state index is -1.73. The molecule has 1 aromatic heterocycles. The predicted molar refractivity (Wildman–Crippen MR) is 152 cm³/mol. The molecule has 0 fully saturated rings. The Morgan fingerprint density at radius 2 is 1.21 bits per heavy atom. The highest BCUT2D eigenvalue weighted by molar-refractivity contribution is 7.20. The molecule has 5 rings (SSSR count). The summed E-state index contributed by atoms with van der Waals surface area (Å²) >= 11 is 1.86. The quantitative estimate of drug-likeness (QED) is 0.108. The van der Waals surface area contributed by atoms with E-state index in [1.807, 2.05) is 11.3 Å². The molecule has 0 saturated carbocycles. The number of rotatable bonds is 3. The van der Waals surface area contributed by atoms with Gasteiger partial charge in [-0.25, -0.2) is 0 Å². The summed E-state index contributed by atoms with van der Waals surface area (Å²) in [6.07, 6.45) is 0. The second-order valence-corrected chi connectivity index (χ2v) is 17.0. The van der Waals surface area contributed by atoms with Crippen LogP contribution in [-0.2, 0) is 0 Å². The number of hydrogen-bond acceptors (Lipinski definition) is 1. The fourth-order valence-corrected chi connectivity index (χ4v) is 12.3. The largest absolute Gasteiger partial charge is 0.146 e. The van der Waals surface area contributed by atoms with Crippen LogP contribution in [0.2, 0.25) is 16.6 Å². The van der Waals surface area contributed by atoms with E-state index in [4.69, 9.17) is 0 Å². The molecule has 0 radical (unpaired) electrons. The first-order valence-electron chi connectivity index (χ1n) is 12.1. The molecular weight excluding hydrogens is 432 g/mol. The third kappa shape index (κ3) is 3.59. The summed E-state index contributed by atoms with van der Waals surface area (Å²) in [6.45, 7) is 14.3. The Kier molecular flexibility index (Phi) is 5.59. The van der Waals surface area contributed by atoms with Crippen molar-refractivity contribution in [1.82, 2.24) is 0 Å². The predicted octanol–water partition coefficient (Wildman–Crippen LogP) is 9.93. The van der Waals surface area contributed by atoms with Crippen molar-refractivity contribution in [3.8, 4) is 11.5 Å². The molecule has 0 aliphatic carbocycles. The van der Waals surface area contributed by atoms with E-state index < -0.39 is 8.07 Å². The molecule has 0 spiro atoms. The van der Waals surface area contributed by atoms with Gasteiger partial charge in [0.2, 0.25) is 0 Å². The van der Waals surface area contributed by atoms with E-state index in [1.165, 1.54) is 47.3 Å². The standard InChI is InChI=1S/C31H32SSi/c1-20(2)33(21(3)4,22(5)6)16-15-27-18-26-12-13-28-29(31(26)32-27)14-11-25-17-23-9-7-8-10-24(23)19-30(25)28/h7-14,17-22H,1-6H3. The average molecular weight is 465 g/mol. The van der Waals surface area contributed by atoms with Crippen molar-refractivity contribution in [2.45, 2.75) is 58.2 Å². The molecule has 0 atom stereocenters. The van der Waals surface area contributed by atoms with Crippen molar-refractivity contribution in [3.05, 3.63) is 71.6 Å². The van der Waals surface area contributed by atoms with Crippen LogP contribution in [0, 0.1) is 11.5 Å². The maximum absolute atomic E-state index is 3.91. The van der Waals surface area contributed by atoms with Gasteiger partial charge in [0.05, 0.1) is 4.88 Å². The van der Waals surface area contributed by atoms with Crippen LogP contribution >= 0.6 is 11.3 Å². The van der Waals surface area contributed by atoms with Crippen LogP contribution in [-0.4, -0.2) is 8.07 Å².